The summed E-state index contributed by atoms with van der Waals surface area (Å²) in [6, 6.07) is 19.1. The van der Waals surface area contributed by atoms with E-state index in [0.29, 0.717) is 49.7 Å². The number of aryl methyl sites for hydroxylation is 1. The highest BCUT2D eigenvalue weighted by Gasteiger charge is 2.19. The number of amides is 2. The Kier molecular flexibility index (Phi) is 9.55. The van der Waals surface area contributed by atoms with Crippen LogP contribution >= 0.6 is 0 Å². The molecule has 0 unspecified atom stereocenters. The molecule has 0 saturated carbocycles. The number of para-hydroxylation sites is 2. The molecule has 10 nitrogen and oxygen atoms in total. The first-order valence-electron chi connectivity index (χ1n) is 14.4. The molecule has 5 rings (SSSR count). The van der Waals surface area contributed by atoms with Crippen LogP contribution in [0.3, 0.4) is 0 Å². The first-order valence-corrected chi connectivity index (χ1v) is 14.4. The zero-order valence-corrected chi connectivity index (χ0v) is 24.2. The molecule has 0 aliphatic carbocycles. The molecular formula is C32H38N6O4. The molecule has 0 bridgehead atoms. The zero-order valence-electron chi connectivity index (χ0n) is 24.2. The van der Waals surface area contributed by atoms with Gasteiger partial charge in [0.1, 0.15) is 18.0 Å². The SMILES string of the molecule is CCOc1ccccc1NC(=O)OCCN1CCN(c2cccc(C(=O)NCCc3cnc4ccc(C)cn34)c2)CC1. The fraction of sp³-hybridized carbons (Fsp3) is 0.344. The van der Waals surface area contributed by atoms with Crippen LogP contribution in [-0.2, 0) is 11.2 Å². The lowest BCUT2D eigenvalue weighted by molar-refractivity contribution is 0.0954. The van der Waals surface area contributed by atoms with Gasteiger partial charge in [-0.1, -0.05) is 24.3 Å². The predicted octanol–water partition coefficient (Wildman–Crippen LogP) is 4.38. The minimum Gasteiger partial charge on any atom is -0.492 e. The van der Waals surface area contributed by atoms with Crippen LogP contribution in [-0.4, -0.2) is 78.8 Å². The van der Waals surface area contributed by atoms with Crippen LogP contribution in [0.1, 0.15) is 28.5 Å². The Balaban J connectivity index is 1.04. The number of pyridine rings is 1. The van der Waals surface area contributed by atoms with E-state index in [4.69, 9.17) is 9.47 Å². The second-order valence-electron chi connectivity index (χ2n) is 10.3. The minimum atomic E-state index is -0.496. The fourth-order valence-corrected chi connectivity index (χ4v) is 5.07. The summed E-state index contributed by atoms with van der Waals surface area (Å²) < 4.78 is 13.0. The van der Waals surface area contributed by atoms with Crippen molar-refractivity contribution in [2.45, 2.75) is 20.3 Å². The van der Waals surface area contributed by atoms with E-state index in [-0.39, 0.29) is 5.91 Å². The molecule has 220 valence electrons. The molecular weight excluding hydrogens is 532 g/mol. The van der Waals surface area contributed by atoms with Crippen molar-refractivity contribution < 1.29 is 19.1 Å². The number of carbonyl (C=O) groups excluding carboxylic acids is 2. The molecule has 0 radical (unpaired) electrons. The first kappa shape index (κ1) is 28.9. The van der Waals surface area contributed by atoms with Gasteiger partial charge in [0.2, 0.25) is 0 Å². The number of nitrogens with zero attached hydrogens (tertiary/aromatic N) is 4. The molecule has 2 aromatic heterocycles. The molecule has 2 amide bonds. The van der Waals surface area contributed by atoms with E-state index in [1.165, 1.54) is 5.56 Å². The maximum atomic E-state index is 12.9. The molecule has 2 aromatic carbocycles. The molecule has 10 heteroatoms. The summed E-state index contributed by atoms with van der Waals surface area (Å²) in [4.78, 5) is 34.2. The van der Waals surface area contributed by atoms with Crippen LogP contribution in [0, 0.1) is 6.92 Å². The maximum absolute atomic E-state index is 12.9. The maximum Gasteiger partial charge on any atom is 0.411 e. The van der Waals surface area contributed by atoms with Gasteiger partial charge in [0.05, 0.1) is 12.3 Å². The van der Waals surface area contributed by atoms with Crippen molar-refractivity contribution in [2.24, 2.45) is 0 Å². The van der Waals surface area contributed by atoms with Crippen LogP contribution < -0.4 is 20.3 Å². The van der Waals surface area contributed by atoms with Gasteiger partial charge in [-0.25, -0.2) is 9.78 Å². The number of anilines is 2. The van der Waals surface area contributed by atoms with Crippen LogP contribution in [0.4, 0.5) is 16.2 Å². The van der Waals surface area contributed by atoms with Gasteiger partial charge in [-0.2, -0.15) is 0 Å². The summed E-state index contributed by atoms with van der Waals surface area (Å²) in [6.45, 7) is 9.29. The highest BCUT2D eigenvalue weighted by molar-refractivity contribution is 5.95. The van der Waals surface area contributed by atoms with Gasteiger partial charge in [0.15, 0.2) is 0 Å². The van der Waals surface area contributed by atoms with Crippen molar-refractivity contribution in [3.05, 3.63) is 89.9 Å². The second kappa shape index (κ2) is 13.9. The van der Waals surface area contributed by atoms with Crippen molar-refractivity contribution in [1.29, 1.82) is 0 Å². The topological polar surface area (TPSA) is 100 Å². The third-order valence-electron chi connectivity index (χ3n) is 7.31. The lowest BCUT2D eigenvalue weighted by atomic mass is 10.1. The van der Waals surface area contributed by atoms with E-state index in [1.54, 1.807) is 6.07 Å². The number of benzene rings is 2. The van der Waals surface area contributed by atoms with Gasteiger partial charge in [-0.15, -0.1) is 0 Å². The molecule has 1 fully saturated rings. The number of piperazine rings is 1. The number of aromatic nitrogens is 2. The summed E-state index contributed by atoms with van der Waals surface area (Å²) >= 11 is 0. The van der Waals surface area contributed by atoms with Crippen LogP contribution in [0.2, 0.25) is 0 Å². The monoisotopic (exact) mass is 570 g/mol. The highest BCUT2D eigenvalue weighted by atomic mass is 16.5. The molecule has 1 aliphatic rings. The van der Waals surface area contributed by atoms with Crippen molar-refractivity contribution >= 4 is 29.0 Å². The molecule has 0 atom stereocenters. The van der Waals surface area contributed by atoms with Gasteiger partial charge in [0, 0.05) is 75.0 Å². The Bertz CT molecular complexity index is 1510. The van der Waals surface area contributed by atoms with Gasteiger partial charge in [0.25, 0.3) is 5.91 Å². The van der Waals surface area contributed by atoms with Crippen molar-refractivity contribution in [3.8, 4) is 5.75 Å². The Morgan fingerprint density at radius 3 is 2.67 bits per heavy atom. The molecule has 1 aliphatic heterocycles. The van der Waals surface area contributed by atoms with Crippen LogP contribution in [0.25, 0.3) is 5.65 Å². The van der Waals surface area contributed by atoms with E-state index < -0.39 is 6.09 Å². The van der Waals surface area contributed by atoms with Gasteiger partial charge < -0.3 is 24.1 Å². The van der Waals surface area contributed by atoms with Crippen molar-refractivity contribution in [2.75, 3.05) is 62.7 Å². The van der Waals surface area contributed by atoms with Crippen molar-refractivity contribution in [3.63, 3.8) is 0 Å². The molecule has 3 heterocycles. The van der Waals surface area contributed by atoms with E-state index in [1.807, 2.05) is 67.7 Å². The lowest BCUT2D eigenvalue weighted by Crippen LogP contribution is -2.47. The number of carbonyl (C=O) groups is 2. The molecule has 1 saturated heterocycles. The third-order valence-corrected chi connectivity index (χ3v) is 7.31. The highest BCUT2D eigenvalue weighted by Crippen LogP contribution is 2.24. The smallest absolute Gasteiger partial charge is 0.411 e. The average Bonchev–Trinajstić information content (AvgIpc) is 3.40. The number of fused-ring (bicyclic) bond motifs is 1. The lowest BCUT2D eigenvalue weighted by Gasteiger charge is -2.36. The summed E-state index contributed by atoms with van der Waals surface area (Å²) in [5, 5.41) is 5.81. The molecule has 42 heavy (non-hydrogen) atoms. The normalized spacial score (nSPS) is 13.6. The quantitative estimate of drug-likeness (QED) is 0.276. The summed E-state index contributed by atoms with van der Waals surface area (Å²) in [7, 11) is 0. The van der Waals surface area contributed by atoms with Gasteiger partial charge in [-0.3, -0.25) is 15.0 Å². The van der Waals surface area contributed by atoms with Crippen molar-refractivity contribution in [1.82, 2.24) is 19.6 Å². The molecule has 2 N–H and O–H groups in total. The summed E-state index contributed by atoms with van der Waals surface area (Å²) in [6.07, 6.45) is 4.14. The van der Waals surface area contributed by atoms with E-state index in [9.17, 15) is 9.59 Å². The predicted molar refractivity (Wildman–Crippen MR) is 164 cm³/mol. The van der Waals surface area contributed by atoms with E-state index in [2.05, 4.69) is 42.9 Å². The zero-order chi connectivity index (χ0) is 29.3. The Hall–Kier alpha value is -4.57. The summed E-state index contributed by atoms with van der Waals surface area (Å²) in [5.74, 6) is 0.535. The number of imidazole rings is 1. The average molecular weight is 571 g/mol. The number of ether oxygens (including phenoxy) is 2. The number of hydrogen-bond acceptors (Lipinski definition) is 7. The minimum absolute atomic E-state index is 0.0835. The van der Waals surface area contributed by atoms with E-state index in [0.717, 1.165) is 43.2 Å². The van der Waals surface area contributed by atoms with E-state index >= 15 is 0 Å². The number of hydrogen-bond donors (Lipinski definition) is 2. The molecule has 4 aromatic rings. The second-order valence-corrected chi connectivity index (χ2v) is 10.3. The van der Waals surface area contributed by atoms with Crippen LogP contribution in [0.5, 0.6) is 5.75 Å². The third kappa shape index (κ3) is 7.38. The number of nitrogens with one attached hydrogen (secondary N) is 2. The van der Waals surface area contributed by atoms with Crippen LogP contribution in [0.15, 0.2) is 73.1 Å². The Morgan fingerprint density at radius 2 is 1.83 bits per heavy atom. The first-order chi connectivity index (χ1) is 20.5. The number of rotatable bonds is 11. The Morgan fingerprint density at radius 1 is 1.00 bits per heavy atom. The van der Waals surface area contributed by atoms with Gasteiger partial charge in [-0.05, 0) is 55.8 Å². The fourth-order valence-electron chi connectivity index (χ4n) is 5.07. The summed E-state index contributed by atoms with van der Waals surface area (Å²) in [5.41, 5.74) is 5.42. The standard InChI is InChI=1S/C32H38N6O4/c1-3-41-29-10-5-4-9-28(29)35-32(40)42-20-19-36-15-17-37(18-16-36)26-8-6-7-25(21-26)31(39)33-14-13-27-22-34-30-12-11-24(2)23-38(27)30/h4-12,21-23H,3,13-20H2,1-2H3,(H,33,39)(H,35,40). The Labute approximate surface area is 246 Å². The molecule has 0 spiro atoms. The van der Waals surface area contributed by atoms with Gasteiger partial charge >= 0.3 is 6.09 Å². The largest absolute Gasteiger partial charge is 0.492 e.